The Hall–Kier alpha value is -2.55. The van der Waals surface area contributed by atoms with E-state index in [1.165, 1.54) is 35.2 Å². The number of nitrogens with zero attached hydrogens (tertiary/aromatic N) is 4. The molecule has 0 amide bonds. The van der Waals surface area contributed by atoms with Crippen LogP contribution in [0.2, 0.25) is 0 Å². The lowest BCUT2D eigenvalue weighted by Crippen LogP contribution is -2.38. The lowest BCUT2D eigenvalue weighted by Gasteiger charge is -2.22. The average molecular weight is 544 g/mol. The van der Waals surface area contributed by atoms with E-state index in [-0.39, 0.29) is 30.0 Å². The summed E-state index contributed by atoms with van der Waals surface area (Å²) >= 11 is 0. The summed E-state index contributed by atoms with van der Waals surface area (Å²) in [6, 6.07) is 19.5. The van der Waals surface area contributed by atoms with Crippen LogP contribution in [0.4, 0.5) is 5.69 Å². The highest BCUT2D eigenvalue weighted by molar-refractivity contribution is 14.0. The summed E-state index contributed by atoms with van der Waals surface area (Å²) in [4.78, 5) is 6.89. The van der Waals surface area contributed by atoms with E-state index >= 15 is 0 Å². The summed E-state index contributed by atoms with van der Waals surface area (Å²) in [5.41, 5.74) is 5.04. The molecule has 0 saturated carbocycles. The number of benzene rings is 2. The van der Waals surface area contributed by atoms with Crippen LogP contribution in [0.25, 0.3) is 0 Å². The van der Waals surface area contributed by atoms with E-state index < -0.39 is 0 Å². The van der Waals surface area contributed by atoms with Gasteiger partial charge in [0.25, 0.3) is 0 Å². The highest BCUT2D eigenvalue weighted by atomic mass is 127. The molecule has 2 heterocycles. The number of anilines is 1. The highest BCUT2D eigenvalue weighted by Gasteiger charge is 2.14. The predicted molar refractivity (Wildman–Crippen MR) is 143 cm³/mol. The molecule has 6 nitrogen and oxygen atoms in total. The van der Waals surface area contributed by atoms with Gasteiger partial charge in [-0.15, -0.1) is 24.0 Å². The van der Waals surface area contributed by atoms with Crippen LogP contribution in [0.5, 0.6) is 0 Å². The van der Waals surface area contributed by atoms with Crippen LogP contribution in [-0.4, -0.2) is 35.9 Å². The van der Waals surface area contributed by atoms with E-state index in [9.17, 15) is 0 Å². The minimum absolute atomic E-state index is 0. The third-order valence-corrected chi connectivity index (χ3v) is 5.77. The minimum atomic E-state index is 0. The molecule has 1 saturated heterocycles. The molecule has 3 aromatic rings. The van der Waals surface area contributed by atoms with Crippen molar-refractivity contribution in [3.8, 4) is 0 Å². The molecule has 2 aromatic carbocycles. The van der Waals surface area contributed by atoms with Crippen LogP contribution >= 0.6 is 24.0 Å². The summed E-state index contributed by atoms with van der Waals surface area (Å²) in [7, 11) is 1.82. The fourth-order valence-electron chi connectivity index (χ4n) is 4.05. The third-order valence-electron chi connectivity index (χ3n) is 5.77. The summed E-state index contributed by atoms with van der Waals surface area (Å²) in [5.74, 6) is 0.802. The lowest BCUT2D eigenvalue weighted by molar-refractivity contribution is 0.680. The second kappa shape index (κ2) is 11.9. The van der Waals surface area contributed by atoms with Crippen molar-refractivity contribution in [1.29, 1.82) is 0 Å². The van der Waals surface area contributed by atoms with E-state index in [1.54, 1.807) is 0 Å². The molecule has 32 heavy (non-hydrogen) atoms. The van der Waals surface area contributed by atoms with Crippen molar-refractivity contribution in [1.82, 2.24) is 20.4 Å². The van der Waals surface area contributed by atoms with E-state index in [2.05, 4.69) is 81.1 Å². The van der Waals surface area contributed by atoms with Crippen molar-refractivity contribution in [2.75, 3.05) is 25.0 Å². The molecule has 0 bridgehead atoms. The normalized spacial score (nSPS) is 14.7. The van der Waals surface area contributed by atoms with Crippen LogP contribution in [-0.2, 0) is 13.1 Å². The molecule has 4 rings (SSSR count). The smallest absolute Gasteiger partial charge is 0.191 e. The van der Waals surface area contributed by atoms with E-state index in [0.29, 0.717) is 6.54 Å². The van der Waals surface area contributed by atoms with Gasteiger partial charge in [0.05, 0.1) is 12.6 Å². The van der Waals surface area contributed by atoms with Crippen LogP contribution < -0.4 is 15.5 Å². The van der Waals surface area contributed by atoms with Crippen LogP contribution in [0.3, 0.4) is 0 Å². The van der Waals surface area contributed by atoms with Gasteiger partial charge in [-0.3, -0.25) is 9.67 Å². The van der Waals surface area contributed by atoms with Gasteiger partial charge < -0.3 is 15.5 Å². The van der Waals surface area contributed by atoms with Gasteiger partial charge in [0.2, 0.25) is 0 Å². The lowest BCUT2D eigenvalue weighted by atomic mass is 10.1. The number of hydrogen-bond donors (Lipinski definition) is 2. The molecule has 1 aliphatic heterocycles. The number of guanidine groups is 1. The van der Waals surface area contributed by atoms with Gasteiger partial charge in [0.15, 0.2) is 5.96 Å². The van der Waals surface area contributed by atoms with Crippen LogP contribution in [0.1, 0.15) is 42.5 Å². The van der Waals surface area contributed by atoms with E-state index in [1.807, 2.05) is 30.2 Å². The predicted octanol–water partition coefficient (Wildman–Crippen LogP) is 4.58. The van der Waals surface area contributed by atoms with Crippen LogP contribution in [0.15, 0.2) is 72.0 Å². The third kappa shape index (κ3) is 6.48. The molecule has 0 radical (unpaired) electrons. The summed E-state index contributed by atoms with van der Waals surface area (Å²) in [6.45, 7) is 5.99. The van der Waals surface area contributed by atoms with Gasteiger partial charge in [-0.1, -0.05) is 36.4 Å². The average Bonchev–Trinajstić information content (AvgIpc) is 3.51. The van der Waals surface area contributed by atoms with Crippen molar-refractivity contribution < 1.29 is 0 Å². The summed E-state index contributed by atoms with van der Waals surface area (Å²) in [6.07, 6.45) is 6.37. The van der Waals surface area contributed by atoms with Crippen molar-refractivity contribution in [3.63, 3.8) is 0 Å². The first kappa shape index (κ1) is 24.1. The standard InChI is InChI=1S/C25H32N6.HI/c1-20(23-10-6-11-24(17-23)30-13-3-4-14-30)29-25(26-2)27-18-21-8-5-9-22(16-21)19-31-15-7-12-28-31;/h5-12,15-17,20H,3-4,13-14,18-19H2,1-2H3,(H2,26,27,29);1H. The van der Waals surface area contributed by atoms with Crippen molar-refractivity contribution >= 4 is 35.6 Å². The quantitative estimate of drug-likeness (QED) is 0.260. The van der Waals surface area contributed by atoms with E-state index in [4.69, 9.17) is 0 Å². The first-order chi connectivity index (χ1) is 15.2. The Morgan fingerprint density at radius 3 is 2.59 bits per heavy atom. The summed E-state index contributed by atoms with van der Waals surface area (Å²) < 4.78 is 1.94. The molecule has 1 aliphatic rings. The van der Waals surface area contributed by atoms with Gasteiger partial charge in [-0.05, 0) is 54.7 Å². The minimum Gasteiger partial charge on any atom is -0.372 e. The zero-order valence-corrected chi connectivity index (χ0v) is 21.2. The van der Waals surface area contributed by atoms with Crippen molar-refractivity contribution in [3.05, 3.63) is 83.7 Å². The van der Waals surface area contributed by atoms with Crippen molar-refractivity contribution in [2.45, 2.75) is 38.9 Å². The molecule has 1 aromatic heterocycles. The molecule has 1 fully saturated rings. The fraction of sp³-hybridized carbons (Fsp3) is 0.360. The SMILES string of the molecule is CN=C(NCc1cccc(Cn2cccn2)c1)NC(C)c1cccc(N2CCCC2)c1.I. The Morgan fingerprint density at radius 2 is 1.84 bits per heavy atom. The first-order valence-corrected chi connectivity index (χ1v) is 11.1. The van der Waals surface area contributed by atoms with Gasteiger partial charge in [0, 0.05) is 44.8 Å². The number of nitrogens with one attached hydrogen (secondary N) is 2. The molecule has 2 N–H and O–H groups in total. The number of aromatic nitrogens is 2. The zero-order chi connectivity index (χ0) is 21.5. The number of hydrogen-bond acceptors (Lipinski definition) is 3. The maximum Gasteiger partial charge on any atom is 0.191 e. The molecular weight excluding hydrogens is 511 g/mol. The largest absolute Gasteiger partial charge is 0.372 e. The van der Waals surface area contributed by atoms with Crippen molar-refractivity contribution in [2.24, 2.45) is 4.99 Å². The second-order valence-electron chi connectivity index (χ2n) is 8.10. The maximum absolute atomic E-state index is 4.42. The number of rotatable bonds is 7. The van der Waals surface area contributed by atoms with Gasteiger partial charge in [-0.25, -0.2) is 0 Å². The van der Waals surface area contributed by atoms with Gasteiger partial charge in [0.1, 0.15) is 0 Å². The maximum atomic E-state index is 4.42. The molecule has 7 heteroatoms. The molecular formula is C25H33IN6. The second-order valence-corrected chi connectivity index (χ2v) is 8.10. The molecule has 1 atom stereocenters. The topological polar surface area (TPSA) is 57.5 Å². The van der Waals surface area contributed by atoms with Gasteiger partial charge in [-0.2, -0.15) is 5.10 Å². The van der Waals surface area contributed by atoms with Gasteiger partial charge >= 0.3 is 0 Å². The highest BCUT2D eigenvalue weighted by Crippen LogP contribution is 2.24. The monoisotopic (exact) mass is 544 g/mol. The van der Waals surface area contributed by atoms with Crippen LogP contribution in [0, 0.1) is 0 Å². The first-order valence-electron chi connectivity index (χ1n) is 11.1. The number of halogens is 1. The fourth-order valence-corrected chi connectivity index (χ4v) is 4.05. The Kier molecular flexibility index (Phi) is 8.96. The number of aliphatic imine (C=N–C) groups is 1. The molecule has 0 aliphatic carbocycles. The Bertz CT molecular complexity index is 995. The molecule has 0 spiro atoms. The molecule has 170 valence electrons. The Labute approximate surface area is 208 Å². The Balaban J connectivity index is 0.00000289. The molecule has 1 unspecified atom stereocenters. The summed E-state index contributed by atoms with van der Waals surface area (Å²) in [5, 5.41) is 11.3. The zero-order valence-electron chi connectivity index (χ0n) is 18.9. The Morgan fingerprint density at radius 1 is 1.06 bits per heavy atom. The van der Waals surface area contributed by atoms with E-state index in [0.717, 1.165) is 25.6 Å².